The van der Waals surface area contributed by atoms with Gasteiger partial charge in [-0.25, -0.2) is 8.42 Å². The molecule has 3 aliphatic heterocycles. The fourth-order valence-corrected chi connectivity index (χ4v) is 5.74. The van der Waals surface area contributed by atoms with Crippen LogP contribution in [0.25, 0.3) is 6.08 Å². The lowest BCUT2D eigenvalue weighted by Gasteiger charge is -2.33. The van der Waals surface area contributed by atoms with E-state index >= 15 is 0 Å². The number of ketones is 1. The van der Waals surface area contributed by atoms with E-state index < -0.39 is 9.84 Å². The minimum Gasteiger partial charge on any atom is -0.478 e. The summed E-state index contributed by atoms with van der Waals surface area (Å²) in [4.78, 5) is 14.8. The van der Waals surface area contributed by atoms with Crippen molar-refractivity contribution in [2.24, 2.45) is 0 Å². The molecule has 144 valence electrons. The van der Waals surface area contributed by atoms with Crippen molar-refractivity contribution in [2.75, 3.05) is 18.2 Å². The zero-order valence-electron chi connectivity index (χ0n) is 15.1. The van der Waals surface area contributed by atoms with E-state index in [2.05, 4.69) is 0 Å². The van der Waals surface area contributed by atoms with Crippen molar-refractivity contribution in [2.45, 2.75) is 19.0 Å². The molecule has 2 aromatic carbocycles. The molecular formula is C21H19NO5S. The molecule has 1 fully saturated rings. The number of carbonyl (C=O) groups excluding carboxylic acids is 1. The summed E-state index contributed by atoms with van der Waals surface area (Å²) in [7, 11) is -2.98. The van der Waals surface area contributed by atoms with Crippen LogP contribution in [0.5, 0.6) is 11.5 Å². The molecule has 5 rings (SSSR count). The Labute approximate surface area is 163 Å². The van der Waals surface area contributed by atoms with Crippen LogP contribution in [0.4, 0.5) is 0 Å². The van der Waals surface area contributed by atoms with E-state index in [0.717, 1.165) is 11.1 Å². The molecule has 0 radical (unpaired) electrons. The highest BCUT2D eigenvalue weighted by Crippen LogP contribution is 2.42. The zero-order valence-corrected chi connectivity index (χ0v) is 15.9. The number of Topliss-reactive ketones (excluding diaryl/α,β-unsaturated/α-hetero) is 1. The van der Waals surface area contributed by atoms with Crippen molar-refractivity contribution in [1.29, 1.82) is 0 Å². The summed E-state index contributed by atoms with van der Waals surface area (Å²) < 4.78 is 35.5. The van der Waals surface area contributed by atoms with Gasteiger partial charge in [-0.1, -0.05) is 30.3 Å². The SMILES string of the molecule is O=C1/C(=C\c2ccccc2)Oc2c1ccc1c2CN(C2CCS(=O)(=O)C2)CO1. The molecule has 7 heteroatoms. The van der Waals surface area contributed by atoms with Gasteiger partial charge in [0, 0.05) is 12.6 Å². The molecule has 1 saturated heterocycles. The predicted octanol–water partition coefficient (Wildman–Crippen LogP) is 2.64. The lowest BCUT2D eigenvalue weighted by molar-refractivity contribution is 0.0634. The Morgan fingerprint density at radius 2 is 1.93 bits per heavy atom. The quantitative estimate of drug-likeness (QED) is 0.726. The third-order valence-corrected chi connectivity index (χ3v) is 7.22. The van der Waals surface area contributed by atoms with Crippen molar-refractivity contribution in [3.63, 3.8) is 0 Å². The van der Waals surface area contributed by atoms with E-state index in [1.807, 2.05) is 35.2 Å². The summed E-state index contributed by atoms with van der Waals surface area (Å²) in [5.74, 6) is 1.71. The molecule has 0 saturated carbocycles. The van der Waals surface area contributed by atoms with Crippen LogP contribution in [-0.2, 0) is 16.4 Å². The molecule has 0 N–H and O–H groups in total. The molecule has 6 nitrogen and oxygen atoms in total. The van der Waals surface area contributed by atoms with E-state index in [-0.39, 0.29) is 29.1 Å². The molecule has 3 aliphatic rings. The average molecular weight is 397 g/mol. The maximum absolute atomic E-state index is 12.8. The fourth-order valence-electron chi connectivity index (χ4n) is 3.97. The molecule has 1 unspecified atom stereocenters. The van der Waals surface area contributed by atoms with Crippen LogP contribution in [0.15, 0.2) is 48.2 Å². The molecule has 0 amide bonds. The smallest absolute Gasteiger partial charge is 0.231 e. The van der Waals surface area contributed by atoms with E-state index in [1.165, 1.54) is 0 Å². The van der Waals surface area contributed by atoms with Gasteiger partial charge < -0.3 is 9.47 Å². The summed E-state index contributed by atoms with van der Waals surface area (Å²) in [6, 6.07) is 13.0. The van der Waals surface area contributed by atoms with Gasteiger partial charge >= 0.3 is 0 Å². The van der Waals surface area contributed by atoms with Gasteiger partial charge in [0.25, 0.3) is 0 Å². The normalized spacial score (nSPS) is 24.5. The highest BCUT2D eigenvalue weighted by atomic mass is 32.2. The Balaban J connectivity index is 1.46. The summed E-state index contributed by atoms with van der Waals surface area (Å²) in [5, 5.41) is 0. The number of benzene rings is 2. The number of hydrogen-bond donors (Lipinski definition) is 0. The topological polar surface area (TPSA) is 72.9 Å². The number of sulfone groups is 1. The first-order chi connectivity index (χ1) is 13.5. The summed E-state index contributed by atoms with van der Waals surface area (Å²) in [5.41, 5.74) is 2.21. The predicted molar refractivity (Wildman–Crippen MR) is 104 cm³/mol. The maximum atomic E-state index is 12.8. The van der Waals surface area contributed by atoms with Crippen molar-refractivity contribution in [1.82, 2.24) is 4.90 Å². The van der Waals surface area contributed by atoms with Gasteiger partial charge in [0.15, 0.2) is 15.6 Å². The highest BCUT2D eigenvalue weighted by molar-refractivity contribution is 7.91. The summed E-state index contributed by atoms with van der Waals surface area (Å²) in [6.45, 7) is 0.844. The summed E-state index contributed by atoms with van der Waals surface area (Å²) in [6.07, 6.45) is 2.34. The molecule has 0 aliphatic carbocycles. The first kappa shape index (κ1) is 17.5. The Morgan fingerprint density at radius 3 is 2.68 bits per heavy atom. The van der Waals surface area contributed by atoms with Crippen molar-refractivity contribution < 1.29 is 22.7 Å². The number of ether oxygens (including phenoxy) is 2. The maximum Gasteiger partial charge on any atom is 0.231 e. The number of fused-ring (bicyclic) bond motifs is 3. The van der Waals surface area contributed by atoms with Gasteiger partial charge in [0.05, 0.1) is 22.6 Å². The minimum absolute atomic E-state index is 0.0644. The second-order valence-electron chi connectivity index (χ2n) is 7.35. The Kier molecular flexibility index (Phi) is 4.03. The van der Waals surface area contributed by atoms with Crippen LogP contribution in [0.2, 0.25) is 0 Å². The molecule has 2 aromatic rings. The van der Waals surface area contributed by atoms with Crippen molar-refractivity contribution >= 4 is 21.7 Å². The molecule has 1 atom stereocenters. The van der Waals surface area contributed by atoms with Crippen LogP contribution >= 0.6 is 0 Å². The van der Waals surface area contributed by atoms with E-state index in [0.29, 0.717) is 36.8 Å². The van der Waals surface area contributed by atoms with Gasteiger partial charge in [-0.3, -0.25) is 9.69 Å². The van der Waals surface area contributed by atoms with Gasteiger partial charge in [0.2, 0.25) is 5.78 Å². The zero-order chi connectivity index (χ0) is 19.3. The molecule has 3 heterocycles. The Hall–Kier alpha value is -2.64. The monoisotopic (exact) mass is 397 g/mol. The highest BCUT2D eigenvalue weighted by Gasteiger charge is 2.38. The minimum atomic E-state index is -2.98. The van der Waals surface area contributed by atoms with Crippen LogP contribution in [0, 0.1) is 0 Å². The number of nitrogens with zero attached hydrogens (tertiary/aromatic N) is 1. The van der Waals surface area contributed by atoms with Gasteiger partial charge in [0.1, 0.15) is 18.2 Å². The number of rotatable bonds is 2. The van der Waals surface area contributed by atoms with E-state index in [4.69, 9.17) is 9.47 Å². The second-order valence-corrected chi connectivity index (χ2v) is 9.58. The fraction of sp³-hybridized carbons (Fsp3) is 0.286. The van der Waals surface area contributed by atoms with Crippen LogP contribution in [0.1, 0.15) is 27.9 Å². The van der Waals surface area contributed by atoms with Crippen LogP contribution < -0.4 is 9.47 Å². The van der Waals surface area contributed by atoms with E-state index in [1.54, 1.807) is 18.2 Å². The number of allylic oxidation sites excluding steroid dienone is 1. The number of hydrogen-bond acceptors (Lipinski definition) is 6. The Morgan fingerprint density at radius 1 is 1.11 bits per heavy atom. The Bertz CT molecular complexity index is 1090. The molecule has 0 aromatic heterocycles. The average Bonchev–Trinajstić information content (AvgIpc) is 3.22. The van der Waals surface area contributed by atoms with Crippen molar-refractivity contribution in [3.05, 3.63) is 64.9 Å². The lowest BCUT2D eigenvalue weighted by Crippen LogP contribution is -2.41. The molecular weight excluding hydrogens is 378 g/mol. The van der Waals surface area contributed by atoms with Gasteiger partial charge in [-0.15, -0.1) is 0 Å². The largest absolute Gasteiger partial charge is 0.478 e. The first-order valence-corrected chi connectivity index (χ1v) is 11.0. The second kappa shape index (κ2) is 6.46. The molecule has 28 heavy (non-hydrogen) atoms. The number of carbonyl (C=O) groups is 1. The lowest BCUT2D eigenvalue weighted by atomic mass is 10.0. The van der Waals surface area contributed by atoms with Crippen molar-refractivity contribution in [3.8, 4) is 11.5 Å². The molecule has 0 spiro atoms. The summed E-state index contributed by atoms with van der Waals surface area (Å²) >= 11 is 0. The van der Waals surface area contributed by atoms with E-state index in [9.17, 15) is 13.2 Å². The first-order valence-electron chi connectivity index (χ1n) is 9.23. The van der Waals surface area contributed by atoms with Gasteiger partial charge in [-0.2, -0.15) is 0 Å². The third kappa shape index (κ3) is 3.00. The third-order valence-electron chi connectivity index (χ3n) is 5.47. The van der Waals surface area contributed by atoms with Crippen LogP contribution in [0.3, 0.4) is 0 Å². The molecule has 0 bridgehead atoms. The standard InChI is InChI=1S/C21H19NO5S/c23-20-16-6-7-18-17(11-22(13-26-18)15-8-9-28(24,25)12-15)21(16)27-19(20)10-14-4-2-1-3-5-14/h1-7,10,15H,8-9,11-13H2/b19-10+. The van der Waals surface area contributed by atoms with Crippen LogP contribution in [-0.4, -0.2) is 43.4 Å². The van der Waals surface area contributed by atoms with Gasteiger partial charge in [-0.05, 0) is 30.2 Å².